The molecule has 0 aliphatic heterocycles. The van der Waals surface area contributed by atoms with E-state index in [1.807, 2.05) is 37.4 Å². The Bertz CT molecular complexity index is 1190. The highest BCUT2D eigenvalue weighted by atomic mass is 32.2. The summed E-state index contributed by atoms with van der Waals surface area (Å²) in [6.45, 7) is 5.22. The lowest BCUT2D eigenvalue weighted by Gasteiger charge is -2.11. The smallest absolute Gasteiger partial charge is 0.257 e. The van der Waals surface area contributed by atoms with Crippen LogP contribution in [0.25, 0.3) is 11.3 Å². The first-order valence-corrected chi connectivity index (χ1v) is 13.3. The van der Waals surface area contributed by atoms with E-state index in [-0.39, 0.29) is 5.91 Å². The fraction of sp³-hybridized carbons (Fsp3) is 0.304. The molecule has 0 atom stereocenters. The van der Waals surface area contributed by atoms with Gasteiger partial charge in [0.1, 0.15) is 11.5 Å². The lowest BCUT2D eigenvalue weighted by Crippen LogP contribution is -2.24. The quantitative estimate of drug-likeness (QED) is 0.422. The van der Waals surface area contributed by atoms with Gasteiger partial charge in [0.15, 0.2) is 5.13 Å². The summed E-state index contributed by atoms with van der Waals surface area (Å²) >= 11 is 1.33. The zero-order chi connectivity index (χ0) is 23.8. The minimum Gasteiger partial charge on any atom is -0.494 e. The molecule has 3 rings (SSSR count). The van der Waals surface area contributed by atoms with Crippen molar-refractivity contribution in [2.75, 3.05) is 31.3 Å². The monoisotopic (exact) mass is 489 g/mol. The van der Waals surface area contributed by atoms with E-state index in [9.17, 15) is 13.2 Å². The average molecular weight is 490 g/mol. The van der Waals surface area contributed by atoms with Gasteiger partial charge in [0, 0.05) is 23.1 Å². The number of amides is 1. The highest BCUT2D eigenvalue weighted by molar-refractivity contribution is 7.88. The Hall–Kier alpha value is -2.95. The van der Waals surface area contributed by atoms with Crippen LogP contribution in [0.2, 0.25) is 0 Å². The van der Waals surface area contributed by atoms with Crippen LogP contribution in [0.15, 0.2) is 47.8 Å². The van der Waals surface area contributed by atoms with Gasteiger partial charge in [-0.05, 0) is 56.2 Å². The van der Waals surface area contributed by atoms with Crippen LogP contribution in [0.5, 0.6) is 11.5 Å². The van der Waals surface area contributed by atoms with Gasteiger partial charge in [0.25, 0.3) is 5.91 Å². The third kappa shape index (κ3) is 7.28. The molecule has 8 nitrogen and oxygen atoms in total. The van der Waals surface area contributed by atoms with E-state index in [2.05, 4.69) is 15.0 Å². The molecule has 33 heavy (non-hydrogen) atoms. The van der Waals surface area contributed by atoms with Crippen molar-refractivity contribution in [1.82, 2.24) is 9.71 Å². The molecule has 1 amide bonds. The number of rotatable bonds is 11. The molecule has 2 N–H and O–H groups in total. The number of carbonyl (C=O) groups is 1. The van der Waals surface area contributed by atoms with Crippen LogP contribution < -0.4 is 19.5 Å². The van der Waals surface area contributed by atoms with Crippen LogP contribution in [-0.4, -0.2) is 45.3 Å². The summed E-state index contributed by atoms with van der Waals surface area (Å²) in [5, 5.41) is 5.16. The normalized spacial score (nSPS) is 11.2. The number of benzene rings is 2. The number of nitrogens with one attached hydrogen (secondary N) is 2. The Morgan fingerprint density at radius 2 is 1.79 bits per heavy atom. The van der Waals surface area contributed by atoms with E-state index in [1.54, 1.807) is 24.3 Å². The van der Waals surface area contributed by atoms with Gasteiger partial charge in [-0.25, -0.2) is 18.1 Å². The molecule has 0 aliphatic rings. The van der Waals surface area contributed by atoms with Gasteiger partial charge < -0.3 is 9.47 Å². The Morgan fingerprint density at radius 1 is 1.06 bits per heavy atom. The molecule has 0 saturated heterocycles. The number of aromatic nitrogens is 1. The number of nitrogens with zero attached hydrogens (tertiary/aromatic N) is 1. The van der Waals surface area contributed by atoms with Gasteiger partial charge in [-0.15, -0.1) is 11.3 Å². The number of ether oxygens (including phenoxy) is 2. The zero-order valence-corrected chi connectivity index (χ0v) is 20.4. The molecule has 0 bridgehead atoms. The maximum atomic E-state index is 12.6. The van der Waals surface area contributed by atoms with E-state index in [1.165, 1.54) is 11.3 Å². The molecule has 0 spiro atoms. The van der Waals surface area contributed by atoms with Crippen LogP contribution in [-0.2, 0) is 16.4 Å². The molecule has 0 aliphatic carbocycles. The molecule has 2 aromatic carbocycles. The average Bonchev–Trinajstić information content (AvgIpc) is 3.23. The molecule has 1 aromatic heterocycles. The van der Waals surface area contributed by atoms with Gasteiger partial charge >= 0.3 is 0 Å². The molecule has 0 radical (unpaired) electrons. The van der Waals surface area contributed by atoms with Crippen molar-refractivity contribution in [3.8, 4) is 22.8 Å². The predicted molar refractivity (Wildman–Crippen MR) is 131 cm³/mol. The van der Waals surface area contributed by atoms with Crippen molar-refractivity contribution in [3.05, 3.63) is 59.0 Å². The largest absolute Gasteiger partial charge is 0.494 e. The fourth-order valence-electron chi connectivity index (χ4n) is 3.07. The zero-order valence-electron chi connectivity index (χ0n) is 18.8. The number of thiazole rings is 1. The number of anilines is 1. The summed E-state index contributed by atoms with van der Waals surface area (Å²) in [5.41, 5.74) is 2.90. The van der Waals surface area contributed by atoms with E-state index >= 15 is 0 Å². The summed E-state index contributed by atoms with van der Waals surface area (Å²) in [5.74, 6) is 1.15. The summed E-state index contributed by atoms with van der Waals surface area (Å²) in [6, 6.07) is 12.6. The Morgan fingerprint density at radius 3 is 2.45 bits per heavy atom. The first kappa shape index (κ1) is 24.7. The van der Waals surface area contributed by atoms with Gasteiger partial charge in [0.2, 0.25) is 10.0 Å². The van der Waals surface area contributed by atoms with Crippen molar-refractivity contribution >= 4 is 32.4 Å². The standard InChI is InChI=1S/C23H27N3O5S2/c1-4-30-18-10-11-21(31-5-2)19(14-18)20-15-32-23(25-20)26-22(27)17-8-6-16(7-9-17)12-13-24-33(3,28)29/h6-11,14-15,24H,4-5,12-13H2,1-3H3,(H,25,26,27). The Balaban J connectivity index is 1.68. The van der Waals surface area contributed by atoms with E-state index < -0.39 is 10.0 Å². The first-order chi connectivity index (χ1) is 15.8. The molecular weight excluding hydrogens is 462 g/mol. The fourth-order valence-corrected chi connectivity index (χ4v) is 4.25. The van der Waals surface area contributed by atoms with E-state index in [0.29, 0.717) is 48.3 Å². The van der Waals surface area contributed by atoms with Crippen molar-refractivity contribution in [2.24, 2.45) is 0 Å². The Kier molecular flexibility index (Phi) is 8.43. The molecule has 3 aromatic rings. The molecule has 0 saturated carbocycles. The van der Waals surface area contributed by atoms with Crippen molar-refractivity contribution in [3.63, 3.8) is 0 Å². The molecule has 0 fully saturated rings. The second-order valence-corrected chi connectivity index (χ2v) is 9.82. The minimum atomic E-state index is -3.21. The lowest BCUT2D eigenvalue weighted by atomic mass is 10.1. The topological polar surface area (TPSA) is 107 Å². The molecular formula is C23H27N3O5S2. The van der Waals surface area contributed by atoms with Gasteiger partial charge in [0.05, 0.1) is 25.2 Å². The molecule has 1 heterocycles. The molecule has 10 heteroatoms. The number of hydrogen-bond donors (Lipinski definition) is 2. The number of carbonyl (C=O) groups excluding carboxylic acids is 1. The molecule has 0 unspecified atom stereocenters. The Labute approximate surface area is 198 Å². The van der Waals surface area contributed by atoms with Crippen LogP contribution in [0.4, 0.5) is 5.13 Å². The number of sulfonamides is 1. The van der Waals surface area contributed by atoms with Crippen molar-refractivity contribution in [2.45, 2.75) is 20.3 Å². The van der Waals surface area contributed by atoms with E-state index in [0.717, 1.165) is 23.1 Å². The third-order valence-corrected chi connectivity index (χ3v) is 6.04. The van der Waals surface area contributed by atoms with Crippen LogP contribution in [0, 0.1) is 0 Å². The maximum Gasteiger partial charge on any atom is 0.257 e. The van der Waals surface area contributed by atoms with Gasteiger partial charge in [-0.3, -0.25) is 10.1 Å². The summed E-state index contributed by atoms with van der Waals surface area (Å²) in [4.78, 5) is 17.2. The highest BCUT2D eigenvalue weighted by Gasteiger charge is 2.14. The molecule has 176 valence electrons. The van der Waals surface area contributed by atoms with Gasteiger partial charge in [-0.2, -0.15) is 0 Å². The van der Waals surface area contributed by atoms with Crippen molar-refractivity contribution in [1.29, 1.82) is 0 Å². The second kappa shape index (κ2) is 11.3. The lowest BCUT2D eigenvalue weighted by molar-refractivity contribution is 0.102. The van der Waals surface area contributed by atoms with Gasteiger partial charge in [-0.1, -0.05) is 12.1 Å². The van der Waals surface area contributed by atoms with E-state index in [4.69, 9.17) is 9.47 Å². The maximum absolute atomic E-state index is 12.6. The SMILES string of the molecule is CCOc1ccc(OCC)c(-c2csc(NC(=O)c3ccc(CCNS(C)(=O)=O)cc3)n2)c1. The summed E-state index contributed by atoms with van der Waals surface area (Å²) in [6.07, 6.45) is 1.66. The highest BCUT2D eigenvalue weighted by Crippen LogP contribution is 2.35. The third-order valence-electron chi connectivity index (χ3n) is 4.56. The summed E-state index contributed by atoms with van der Waals surface area (Å²) in [7, 11) is -3.21. The van der Waals surface area contributed by atoms with Crippen molar-refractivity contribution < 1.29 is 22.7 Å². The minimum absolute atomic E-state index is 0.273. The van der Waals surface area contributed by atoms with Crippen LogP contribution in [0.1, 0.15) is 29.8 Å². The second-order valence-electron chi connectivity index (χ2n) is 7.13. The van der Waals surface area contributed by atoms with Crippen LogP contribution in [0.3, 0.4) is 0 Å². The summed E-state index contributed by atoms with van der Waals surface area (Å²) < 4.78 is 36.1. The predicted octanol–water partition coefficient (Wildman–Crippen LogP) is 3.95. The first-order valence-electron chi connectivity index (χ1n) is 10.5. The number of hydrogen-bond acceptors (Lipinski definition) is 7. The van der Waals surface area contributed by atoms with Crippen LogP contribution >= 0.6 is 11.3 Å².